The van der Waals surface area contributed by atoms with Crippen LogP contribution in [0.2, 0.25) is 0 Å². The van der Waals surface area contributed by atoms with Crippen LogP contribution in [0.25, 0.3) is 10.9 Å². The van der Waals surface area contributed by atoms with Gasteiger partial charge in [-0.3, -0.25) is 0 Å². The molecule has 0 saturated heterocycles. The van der Waals surface area contributed by atoms with Crippen LogP contribution in [0.3, 0.4) is 0 Å². The number of aromatic amines is 1. The van der Waals surface area contributed by atoms with Gasteiger partial charge >= 0.3 is 7.75 Å². The lowest BCUT2D eigenvalue weighted by molar-refractivity contribution is 0.293. The molecule has 1 atom stereocenters. The molecular weight excluding hydrogens is 325 g/mol. The van der Waals surface area contributed by atoms with E-state index in [0.717, 1.165) is 26.7 Å². The summed E-state index contributed by atoms with van der Waals surface area (Å²) >= 11 is 0. The molecule has 0 fully saturated rings. The molecule has 1 aromatic carbocycles. The highest BCUT2D eigenvalue weighted by Crippen LogP contribution is 2.38. The van der Waals surface area contributed by atoms with Crippen LogP contribution in [-0.4, -0.2) is 44.3 Å². The molecule has 0 radical (unpaired) electrons. The molecule has 2 aromatic rings. The fourth-order valence-electron chi connectivity index (χ4n) is 2.16. The first-order valence-corrected chi connectivity index (χ1v) is 9.61. The molecule has 22 heavy (non-hydrogen) atoms. The van der Waals surface area contributed by atoms with Crippen LogP contribution >= 0.6 is 7.75 Å². The lowest BCUT2D eigenvalue weighted by atomic mass is 10.1. The molecule has 0 aliphatic rings. The molecule has 0 aliphatic carbocycles. The van der Waals surface area contributed by atoms with Crippen LogP contribution in [0, 0.1) is 0 Å². The molecule has 0 saturated carbocycles. The number of rotatable bonds is 7. The summed E-state index contributed by atoms with van der Waals surface area (Å²) in [5.74, 6) is 0.416. The van der Waals surface area contributed by atoms with Crippen molar-refractivity contribution < 1.29 is 18.6 Å². The maximum absolute atomic E-state index is 11.6. The van der Waals surface area contributed by atoms with Crippen molar-refractivity contribution in [3.8, 4) is 0 Å². The third kappa shape index (κ3) is 4.25. The molecule has 0 amide bonds. The summed E-state index contributed by atoms with van der Waals surface area (Å²) in [5, 5.41) is 0.990. The van der Waals surface area contributed by atoms with E-state index in [-0.39, 0.29) is 6.54 Å². The predicted octanol–water partition coefficient (Wildman–Crippen LogP) is 1.12. The van der Waals surface area contributed by atoms with Gasteiger partial charge in [0.25, 0.3) is 0 Å². The molecule has 9 heteroatoms. The van der Waals surface area contributed by atoms with Crippen molar-refractivity contribution in [3.63, 3.8) is 0 Å². The Bertz CT molecular complexity index is 727. The maximum Gasteiger partial charge on any atom is 0.402 e. The predicted molar refractivity (Wildman–Crippen MR) is 87.6 cm³/mol. The highest BCUT2D eigenvalue weighted by molar-refractivity contribution is 7.82. The number of hydrogen-bond donors (Lipinski definition) is 4. The van der Waals surface area contributed by atoms with Gasteiger partial charge in [0.15, 0.2) is 0 Å². The van der Waals surface area contributed by atoms with Crippen LogP contribution < -0.4 is 4.72 Å². The number of nitrogens with zero attached hydrogens (tertiary/aromatic N) is 1. The van der Waals surface area contributed by atoms with Gasteiger partial charge in [0, 0.05) is 23.6 Å². The fraction of sp³-hybridized carbons (Fsp3) is 0.385. The molecule has 7 nitrogen and oxygen atoms in total. The van der Waals surface area contributed by atoms with Crippen LogP contribution in [0.1, 0.15) is 11.1 Å². The second-order valence-electron chi connectivity index (χ2n) is 5.03. The molecule has 0 spiro atoms. The summed E-state index contributed by atoms with van der Waals surface area (Å²) in [4.78, 5) is 21.3. The number of nitrogens with one attached hydrogen (secondary N) is 2. The standard InChI is InChI=1S/C13H20N3O4PS/c1-14-22(20)9-10-3-4-13-12(7-10)11(8-15-13)5-6-16(2)21(17,18)19/h3-4,7-8,14-15H,5-6,9H2,1-2H3,(H2,17,18,19). The van der Waals surface area contributed by atoms with Crippen LogP contribution in [-0.2, 0) is 27.7 Å². The Morgan fingerprint density at radius 3 is 2.77 bits per heavy atom. The van der Waals surface area contributed by atoms with E-state index in [1.807, 2.05) is 24.4 Å². The zero-order valence-corrected chi connectivity index (χ0v) is 14.2. The molecule has 0 bridgehead atoms. The van der Waals surface area contributed by atoms with Gasteiger partial charge in [-0.15, -0.1) is 0 Å². The number of hydrogen-bond acceptors (Lipinski definition) is 2. The first-order valence-electron chi connectivity index (χ1n) is 6.73. The van der Waals surface area contributed by atoms with Crippen molar-refractivity contribution >= 4 is 29.6 Å². The molecule has 0 aliphatic heterocycles. The van der Waals surface area contributed by atoms with Crippen molar-refractivity contribution in [1.29, 1.82) is 0 Å². The summed E-state index contributed by atoms with van der Waals surface area (Å²) < 4.78 is 26.4. The van der Waals surface area contributed by atoms with Gasteiger partial charge in [-0.05, 0) is 43.8 Å². The van der Waals surface area contributed by atoms with E-state index in [2.05, 4.69) is 9.71 Å². The highest BCUT2D eigenvalue weighted by Gasteiger charge is 2.20. The maximum atomic E-state index is 11.6. The van der Waals surface area contributed by atoms with E-state index in [0.29, 0.717) is 12.2 Å². The van der Waals surface area contributed by atoms with Gasteiger partial charge < -0.3 is 14.8 Å². The van der Waals surface area contributed by atoms with E-state index in [4.69, 9.17) is 9.79 Å². The average Bonchev–Trinajstić information content (AvgIpc) is 2.86. The minimum Gasteiger partial charge on any atom is -0.361 e. The van der Waals surface area contributed by atoms with Gasteiger partial charge in [-0.1, -0.05) is 6.07 Å². The molecule has 2 rings (SSSR count). The second-order valence-corrected chi connectivity index (χ2v) is 8.13. The van der Waals surface area contributed by atoms with Gasteiger partial charge in [0.05, 0.1) is 16.7 Å². The third-order valence-corrected chi connectivity index (χ3v) is 5.65. The molecular formula is C13H20N3O4PS. The van der Waals surface area contributed by atoms with Gasteiger partial charge in [0.1, 0.15) is 0 Å². The first-order chi connectivity index (χ1) is 10.3. The Hall–Kier alpha value is -1.02. The fourth-order valence-corrected chi connectivity index (χ4v) is 3.15. The van der Waals surface area contributed by atoms with Gasteiger partial charge in [-0.25, -0.2) is 18.2 Å². The van der Waals surface area contributed by atoms with E-state index in [9.17, 15) is 8.77 Å². The molecule has 4 N–H and O–H groups in total. The quantitative estimate of drug-likeness (QED) is 0.563. The topological polar surface area (TPSA) is 106 Å². The first kappa shape index (κ1) is 17.3. The second kappa shape index (κ2) is 7.04. The highest BCUT2D eigenvalue weighted by atomic mass is 32.2. The zero-order valence-electron chi connectivity index (χ0n) is 12.4. The Morgan fingerprint density at radius 1 is 1.41 bits per heavy atom. The monoisotopic (exact) mass is 345 g/mol. The smallest absolute Gasteiger partial charge is 0.361 e. The summed E-state index contributed by atoms with van der Waals surface area (Å²) in [6.45, 7) is 0.254. The molecule has 122 valence electrons. The summed E-state index contributed by atoms with van der Waals surface area (Å²) in [6.07, 6.45) is 2.36. The minimum atomic E-state index is -4.19. The number of likely N-dealkylation sites (N-methyl/N-ethyl adjacent to an activating group) is 1. The van der Waals surface area contributed by atoms with Crippen molar-refractivity contribution in [2.45, 2.75) is 12.2 Å². The number of H-pyrrole nitrogens is 1. The minimum absolute atomic E-state index is 0.254. The van der Waals surface area contributed by atoms with Crippen molar-refractivity contribution in [2.24, 2.45) is 0 Å². The summed E-state index contributed by atoms with van der Waals surface area (Å²) in [6, 6.07) is 5.81. The Kier molecular flexibility index (Phi) is 5.55. The number of fused-ring (bicyclic) bond motifs is 1. The van der Waals surface area contributed by atoms with Gasteiger partial charge in [0.2, 0.25) is 0 Å². The SMILES string of the molecule is CNS(=O)Cc1ccc2[nH]cc(CCN(C)P(=O)(O)O)c2c1. The Labute approximate surface area is 131 Å². The van der Waals surface area contributed by atoms with Crippen molar-refractivity contribution in [3.05, 3.63) is 35.5 Å². The molecule has 1 heterocycles. The molecule has 1 unspecified atom stereocenters. The largest absolute Gasteiger partial charge is 0.402 e. The van der Waals surface area contributed by atoms with E-state index >= 15 is 0 Å². The molecule has 1 aromatic heterocycles. The summed E-state index contributed by atoms with van der Waals surface area (Å²) in [5.41, 5.74) is 2.88. The van der Waals surface area contributed by atoms with Crippen molar-refractivity contribution in [2.75, 3.05) is 20.6 Å². The number of aromatic nitrogens is 1. The average molecular weight is 345 g/mol. The Balaban J connectivity index is 2.18. The summed E-state index contributed by atoms with van der Waals surface area (Å²) in [7, 11) is -2.26. The van der Waals surface area contributed by atoms with Crippen LogP contribution in [0.4, 0.5) is 0 Å². The normalized spacial score (nSPS) is 13.9. The Morgan fingerprint density at radius 2 is 2.14 bits per heavy atom. The lowest BCUT2D eigenvalue weighted by Gasteiger charge is -2.17. The third-order valence-electron chi connectivity index (χ3n) is 3.51. The number of benzene rings is 1. The van der Waals surface area contributed by atoms with Gasteiger partial charge in [-0.2, -0.15) is 0 Å². The zero-order chi connectivity index (χ0) is 16.3. The van der Waals surface area contributed by atoms with Crippen LogP contribution in [0.15, 0.2) is 24.4 Å². The van der Waals surface area contributed by atoms with Crippen LogP contribution in [0.5, 0.6) is 0 Å². The van der Waals surface area contributed by atoms with E-state index < -0.39 is 18.7 Å². The van der Waals surface area contributed by atoms with E-state index in [1.54, 1.807) is 7.05 Å². The lowest BCUT2D eigenvalue weighted by Crippen LogP contribution is -2.17. The van der Waals surface area contributed by atoms with Crippen molar-refractivity contribution in [1.82, 2.24) is 14.4 Å². The van der Waals surface area contributed by atoms with E-state index in [1.165, 1.54) is 7.05 Å².